The second-order valence-corrected chi connectivity index (χ2v) is 9.27. The first-order chi connectivity index (χ1) is 12.2. The monoisotopic (exact) mass is 450 g/mol. The van der Waals surface area contributed by atoms with E-state index < -0.39 is 0 Å². The van der Waals surface area contributed by atoms with Crippen molar-refractivity contribution in [1.82, 2.24) is 0 Å². The molecule has 1 saturated carbocycles. The van der Waals surface area contributed by atoms with E-state index in [2.05, 4.69) is 80.4 Å². The van der Waals surface area contributed by atoms with Crippen LogP contribution in [0.3, 0.4) is 0 Å². The van der Waals surface area contributed by atoms with Crippen LogP contribution < -0.4 is 0 Å². The fourth-order valence-corrected chi connectivity index (χ4v) is 6.68. The Morgan fingerprint density at radius 2 is 1.20 bits per heavy atom. The van der Waals surface area contributed by atoms with Gasteiger partial charge in [-0.05, 0) is 68.4 Å². The maximum absolute atomic E-state index is 3.84. The summed E-state index contributed by atoms with van der Waals surface area (Å²) in [6, 6.07) is 18.4. The number of hydrogen-bond acceptors (Lipinski definition) is 0. The van der Waals surface area contributed by atoms with E-state index in [4.69, 9.17) is 0 Å². The highest BCUT2D eigenvalue weighted by Crippen LogP contribution is 2.56. The molecule has 0 nitrogen and oxygen atoms in total. The van der Waals surface area contributed by atoms with E-state index in [1.807, 2.05) is 0 Å². The minimum atomic E-state index is 0.195. The standard InChI is InChI=1S/C23H16Br2/c24-18-11-13-12-19(25)15-6-4-8-17-22(15)20(13)21-14(18)5-3-7-16(21)23(17)9-1-2-10-23/h3-8,11-12H,1-2,9-10H2. The molecule has 0 atom stereocenters. The van der Waals surface area contributed by atoms with E-state index in [1.54, 1.807) is 11.1 Å². The lowest BCUT2D eigenvalue weighted by molar-refractivity contribution is 0.543. The number of hydrogen-bond donors (Lipinski definition) is 0. The lowest BCUT2D eigenvalue weighted by Crippen LogP contribution is -2.26. The Morgan fingerprint density at radius 3 is 1.72 bits per heavy atom. The predicted molar refractivity (Wildman–Crippen MR) is 114 cm³/mol. The van der Waals surface area contributed by atoms with Gasteiger partial charge in [0.05, 0.1) is 0 Å². The Balaban J connectivity index is 2.02. The summed E-state index contributed by atoms with van der Waals surface area (Å²) in [6.07, 6.45) is 5.19. The summed E-state index contributed by atoms with van der Waals surface area (Å²) in [4.78, 5) is 0. The van der Waals surface area contributed by atoms with Crippen LogP contribution in [0.15, 0.2) is 57.5 Å². The van der Waals surface area contributed by atoms with Crippen molar-refractivity contribution in [1.29, 1.82) is 0 Å². The molecule has 0 unspecified atom stereocenters. The minimum absolute atomic E-state index is 0.195. The average molecular weight is 452 g/mol. The van der Waals surface area contributed by atoms with Crippen LogP contribution in [-0.2, 0) is 5.41 Å². The lowest BCUT2D eigenvalue weighted by Gasteiger charge is -2.37. The van der Waals surface area contributed by atoms with Gasteiger partial charge in [0.15, 0.2) is 0 Å². The molecule has 0 radical (unpaired) electrons. The summed E-state index contributed by atoms with van der Waals surface area (Å²) >= 11 is 7.69. The third-order valence-corrected chi connectivity index (χ3v) is 7.80. The number of halogens is 2. The van der Waals surface area contributed by atoms with Crippen molar-refractivity contribution in [2.24, 2.45) is 0 Å². The number of rotatable bonds is 0. The summed E-state index contributed by atoms with van der Waals surface area (Å²) < 4.78 is 2.41. The van der Waals surface area contributed by atoms with Crippen molar-refractivity contribution in [3.8, 4) is 0 Å². The van der Waals surface area contributed by atoms with Crippen LogP contribution in [0.5, 0.6) is 0 Å². The minimum Gasteiger partial charge on any atom is -0.0613 e. The molecule has 0 N–H and O–H groups in total. The maximum atomic E-state index is 3.84. The molecule has 2 aliphatic carbocycles. The maximum Gasteiger partial charge on any atom is 0.0260 e. The van der Waals surface area contributed by atoms with Crippen molar-refractivity contribution < 1.29 is 0 Å². The lowest BCUT2D eigenvalue weighted by atomic mass is 9.66. The quantitative estimate of drug-likeness (QED) is 0.239. The van der Waals surface area contributed by atoms with Gasteiger partial charge in [0.2, 0.25) is 0 Å². The zero-order valence-corrected chi connectivity index (χ0v) is 16.9. The third-order valence-electron chi connectivity index (χ3n) is 6.48. The van der Waals surface area contributed by atoms with E-state index in [9.17, 15) is 0 Å². The molecule has 4 aromatic rings. The molecule has 0 saturated heterocycles. The molecule has 122 valence electrons. The fraction of sp³-hybridized carbons (Fsp3) is 0.217. The van der Waals surface area contributed by atoms with E-state index in [-0.39, 0.29) is 5.41 Å². The van der Waals surface area contributed by atoms with Gasteiger partial charge in [0.25, 0.3) is 0 Å². The van der Waals surface area contributed by atoms with Crippen molar-refractivity contribution in [2.75, 3.05) is 0 Å². The Kier molecular flexibility index (Phi) is 2.87. The first-order valence-corrected chi connectivity index (χ1v) is 10.6. The van der Waals surface area contributed by atoms with Gasteiger partial charge in [-0.3, -0.25) is 0 Å². The van der Waals surface area contributed by atoms with Gasteiger partial charge in [-0.1, -0.05) is 81.1 Å². The van der Waals surface area contributed by atoms with Gasteiger partial charge >= 0.3 is 0 Å². The largest absolute Gasteiger partial charge is 0.0613 e. The summed E-state index contributed by atoms with van der Waals surface area (Å²) in [6.45, 7) is 0. The zero-order valence-electron chi connectivity index (χ0n) is 13.7. The second kappa shape index (κ2) is 4.86. The zero-order chi connectivity index (χ0) is 16.8. The molecule has 1 fully saturated rings. The number of benzene rings is 4. The van der Waals surface area contributed by atoms with Crippen LogP contribution >= 0.6 is 31.9 Å². The van der Waals surface area contributed by atoms with E-state index >= 15 is 0 Å². The summed E-state index contributed by atoms with van der Waals surface area (Å²) in [7, 11) is 0. The molecule has 25 heavy (non-hydrogen) atoms. The third kappa shape index (κ3) is 1.68. The van der Waals surface area contributed by atoms with Crippen LogP contribution in [0.1, 0.15) is 36.8 Å². The van der Waals surface area contributed by atoms with E-state index in [1.165, 1.54) is 66.9 Å². The second-order valence-electron chi connectivity index (χ2n) is 7.56. The molecule has 6 rings (SSSR count). The molecule has 4 aromatic carbocycles. The van der Waals surface area contributed by atoms with Crippen LogP contribution in [0.4, 0.5) is 0 Å². The van der Waals surface area contributed by atoms with Crippen LogP contribution in [0.2, 0.25) is 0 Å². The Labute approximate surface area is 163 Å². The van der Waals surface area contributed by atoms with Crippen molar-refractivity contribution in [2.45, 2.75) is 31.1 Å². The first-order valence-electron chi connectivity index (χ1n) is 8.98. The molecule has 0 amide bonds. The van der Waals surface area contributed by atoms with Gasteiger partial charge < -0.3 is 0 Å². The van der Waals surface area contributed by atoms with Crippen molar-refractivity contribution in [3.63, 3.8) is 0 Å². The van der Waals surface area contributed by atoms with Crippen molar-refractivity contribution in [3.05, 3.63) is 68.6 Å². The van der Waals surface area contributed by atoms with Crippen LogP contribution in [-0.4, -0.2) is 0 Å². The van der Waals surface area contributed by atoms with Gasteiger partial charge in [-0.15, -0.1) is 0 Å². The molecular weight excluding hydrogens is 436 g/mol. The Bertz CT molecular complexity index is 1130. The van der Waals surface area contributed by atoms with Gasteiger partial charge in [-0.2, -0.15) is 0 Å². The normalized spacial score (nSPS) is 17.7. The number of fused-ring (bicyclic) bond motifs is 2. The van der Waals surface area contributed by atoms with Crippen molar-refractivity contribution >= 4 is 64.2 Å². The fourth-order valence-electron chi connectivity index (χ4n) is 5.53. The Morgan fingerprint density at radius 1 is 0.680 bits per heavy atom. The molecular formula is C23H16Br2. The smallest absolute Gasteiger partial charge is 0.0260 e. The molecule has 0 bridgehead atoms. The summed E-state index contributed by atoms with van der Waals surface area (Å²) in [5, 5.41) is 8.44. The Hall–Kier alpha value is -1.38. The van der Waals surface area contributed by atoms with E-state index in [0.29, 0.717) is 0 Å². The molecule has 0 aromatic heterocycles. The molecule has 0 aliphatic heterocycles. The molecule has 1 spiro atoms. The van der Waals surface area contributed by atoms with Gasteiger partial charge in [0.1, 0.15) is 0 Å². The SMILES string of the molecule is Brc1cc2cc(Br)c3cccc4c3c2c2c(cccc12)C41CCCC1. The average Bonchev–Trinajstić information content (AvgIpc) is 3.11. The first kappa shape index (κ1) is 14.8. The van der Waals surface area contributed by atoms with E-state index in [0.717, 1.165) is 0 Å². The molecule has 0 heterocycles. The molecule has 2 heteroatoms. The summed E-state index contributed by atoms with van der Waals surface area (Å²) in [5.74, 6) is 0. The highest BCUT2D eigenvalue weighted by molar-refractivity contribution is 9.11. The molecule has 2 aliphatic rings. The van der Waals surface area contributed by atoms with Crippen LogP contribution in [0.25, 0.3) is 32.3 Å². The highest BCUT2D eigenvalue weighted by Gasteiger charge is 2.42. The van der Waals surface area contributed by atoms with Gasteiger partial charge in [-0.25, -0.2) is 0 Å². The summed E-state index contributed by atoms with van der Waals surface area (Å²) in [5.41, 5.74) is 3.30. The topological polar surface area (TPSA) is 0 Å². The predicted octanol–water partition coefficient (Wildman–Crippen LogP) is 7.84. The van der Waals surface area contributed by atoms with Crippen LogP contribution in [0, 0.1) is 0 Å². The highest BCUT2D eigenvalue weighted by atomic mass is 79.9. The van der Waals surface area contributed by atoms with Gasteiger partial charge in [0, 0.05) is 14.4 Å².